The van der Waals surface area contributed by atoms with Crippen LogP contribution in [0.15, 0.2) is 0 Å². The second-order valence-corrected chi connectivity index (χ2v) is 6.25. The highest BCUT2D eigenvalue weighted by Gasteiger charge is 2.34. The van der Waals surface area contributed by atoms with Crippen LogP contribution in [0.3, 0.4) is 0 Å². The average Bonchev–Trinajstić information content (AvgIpc) is 2.24. The standard InChI is InChI=1S/C9H15NO6S/c11-6(9(13)14)5-10-8(12)7-3-1-2-4-17(7,15)16/h6-7,11H,1-5H2,(H,10,12)(H,13,14)/t6-,7?/m0/s1. The van der Waals surface area contributed by atoms with Crippen molar-refractivity contribution in [1.29, 1.82) is 0 Å². The number of carbonyl (C=O) groups excluding carboxylic acids is 1. The Bertz CT molecular complexity index is 404. The van der Waals surface area contributed by atoms with E-state index in [1.807, 2.05) is 0 Å². The lowest BCUT2D eigenvalue weighted by Crippen LogP contribution is -2.46. The molecule has 2 atom stereocenters. The second kappa shape index (κ2) is 5.46. The molecule has 1 fully saturated rings. The highest BCUT2D eigenvalue weighted by molar-refractivity contribution is 7.92. The van der Waals surface area contributed by atoms with Gasteiger partial charge in [-0.1, -0.05) is 6.42 Å². The fourth-order valence-corrected chi connectivity index (χ4v) is 3.47. The Labute approximate surface area is 98.7 Å². The molecular weight excluding hydrogens is 250 g/mol. The first-order chi connectivity index (χ1) is 7.84. The van der Waals surface area contributed by atoms with Gasteiger partial charge in [-0.3, -0.25) is 4.79 Å². The van der Waals surface area contributed by atoms with Gasteiger partial charge in [0.15, 0.2) is 15.9 Å². The van der Waals surface area contributed by atoms with Crippen molar-refractivity contribution in [2.75, 3.05) is 12.3 Å². The molecule has 7 nitrogen and oxygen atoms in total. The van der Waals surface area contributed by atoms with Crippen molar-refractivity contribution in [1.82, 2.24) is 5.32 Å². The summed E-state index contributed by atoms with van der Waals surface area (Å²) < 4.78 is 23.1. The minimum Gasteiger partial charge on any atom is -0.479 e. The molecule has 1 unspecified atom stereocenters. The van der Waals surface area contributed by atoms with Crippen molar-refractivity contribution in [3.8, 4) is 0 Å². The predicted octanol–water partition coefficient (Wildman–Crippen LogP) is -1.48. The zero-order chi connectivity index (χ0) is 13.1. The van der Waals surface area contributed by atoms with E-state index in [9.17, 15) is 18.0 Å². The second-order valence-electron chi connectivity index (χ2n) is 3.95. The molecule has 0 aromatic carbocycles. The minimum atomic E-state index is -3.43. The van der Waals surface area contributed by atoms with E-state index in [-0.39, 0.29) is 12.2 Å². The van der Waals surface area contributed by atoms with E-state index >= 15 is 0 Å². The van der Waals surface area contributed by atoms with Crippen LogP contribution in [0.4, 0.5) is 0 Å². The Balaban J connectivity index is 2.55. The Kier molecular flexibility index (Phi) is 4.47. The van der Waals surface area contributed by atoms with Gasteiger partial charge in [-0.15, -0.1) is 0 Å². The summed E-state index contributed by atoms with van der Waals surface area (Å²) in [6, 6.07) is 0. The van der Waals surface area contributed by atoms with E-state index in [1.165, 1.54) is 0 Å². The maximum Gasteiger partial charge on any atom is 0.334 e. The Morgan fingerprint density at radius 1 is 1.35 bits per heavy atom. The third-order valence-corrected chi connectivity index (χ3v) is 4.80. The van der Waals surface area contributed by atoms with Crippen molar-refractivity contribution in [3.63, 3.8) is 0 Å². The van der Waals surface area contributed by atoms with Gasteiger partial charge in [0, 0.05) is 0 Å². The van der Waals surface area contributed by atoms with Gasteiger partial charge in [-0.2, -0.15) is 0 Å². The van der Waals surface area contributed by atoms with Crippen LogP contribution in [0.1, 0.15) is 19.3 Å². The number of hydrogen-bond donors (Lipinski definition) is 3. The van der Waals surface area contributed by atoms with Crippen LogP contribution in [-0.4, -0.2) is 54.2 Å². The van der Waals surface area contributed by atoms with E-state index in [0.717, 1.165) is 0 Å². The molecule has 1 aliphatic heterocycles. The summed E-state index contributed by atoms with van der Waals surface area (Å²) in [7, 11) is -3.43. The first-order valence-corrected chi connectivity index (χ1v) is 6.96. The van der Waals surface area contributed by atoms with Crippen LogP contribution in [0.25, 0.3) is 0 Å². The molecule has 0 aromatic heterocycles. The first kappa shape index (κ1) is 13.9. The molecule has 1 saturated heterocycles. The largest absolute Gasteiger partial charge is 0.479 e. The summed E-state index contributed by atoms with van der Waals surface area (Å²) in [6.45, 7) is -0.486. The lowest BCUT2D eigenvalue weighted by molar-refractivity contribution is -0.146. The van der Waals surface area contributed by atoms with Gasteiger partial charge in [0.05, 0.1) is 12.3 Å². The number of sulfone groups is 1. The number of carboxylic acids is 1. The van der Waals surface area contributed by atoms with E-state index < -0.39 is 39.6 Å². The number of carbonyl (C=O) groups is 2. The van der Waals surface area contributed by atoms with Crippen LogP contribution >= 0.6 is 0 Å². The molecule has 0 radical (unpaired) electrons. The predicted molar refractivity (Wildman–Crippen MR) is 58.1 cm³/mol. The molecule has 1 rings (SSSR count). The molecule has 3 N–H and O–H groups in total. The molecule has 0 spiro atoms. The fraction of sp³-hybridized carbons (Fsp3) is 0.778. The summed E-state index contributed by atoms with van der Waals surface area (Å²) in [5, 5.41) is 18.4. The van der Waals surface area contributed by atoms with Crippen molar-refractivity contribution < 1.29 is 28.2 Å². The monoisotopic (exact) mass is 265 g/mol. The Morgan fingerprint density at radius 2 is 2.00 bits per heavy atom. The zero-order valence-electron chi connectivity index (χ0n) is 9.13. The van der Waals surface area contributed by atoms with E-state index in [4.69, 9.17) is 10.2 Å². The summed E-state index contributed by atoms with van der Waals surface area (Å²) in [5.74, 6) is -2.21. The van der Waals surface area contributed by atoms with Crippen LogP contribution in [0.5, 0.6) is 0 Å². The normalized spacial score (nSPS) is 24.9. The van der Waals surface area contributed by atoms with Crippen molar-refractivity contribution in [3.05, 3.63) is 0 Å². The molecule has 0 saturated carbocycles. The molecule has 8 heteroatoms. The SMILES string of the molecule is O=C(NC[C@H](O)C(=O)O)C1CCCCS1(=O)=O. The number of aliphatic carboxylic acids is 1. The van der Waals surface area contributed by atoms with Crippen molar-refractivity contribution in [2.24, 2.45) is 0 Å². The quantitative estimate of drug-likeness (QED) is 0.570. The van der Waals surface area contributed by atoms with E-state index in [1.54, 1.807) is 0 Å². The summed E-state index contributed by atoms with van der Waals surface area (Å²) in [6.07, 6.45) is -0.273. The van der Waals surface area contributed by atoms with Crippen LogP contribution < -0.4 is 5.32 Å². The summed E-state index contributed by atoms with van der Waals surface area (Å²) in [4.78, 5) is 21.8. The number of rotatable bonds is 4. The molecule has 17 heavy (non-hydrogen) atoms. The highest BCUT2D eigenvalue weighted by atomic mass is 32.2. The molecule has 0 aliphatic carbocycles. The molecule has 0 bridgehead atoms. The lowest BCUT2D eigenvalue weighted by atomic mass is 10.2. The Morgan fingerprint density at radius 3 is 2.53 bits per heavy atom. The van der Waals surface area contributed by atoms with Gasteiger partial charge < -0.3 is 15.5 Å². The van der Waals surface area contributed by atoms with Gasteiger partial charge in [0.25, 0.3) is 0 Å². The molecule has 98 valence electrons. The van der Waals surface area contributed by atoms with E-state index in [2.05, 4.69) is 5.32 Å². The number of carboxylic acid groups (broad SMARTS) is 1. The lowest BCUT2D eigenvalue weighted by Gasteiger charge is -2.21. The van der Waals surface area contributed by atoms with Gasteiger partial charge in [0.2, 0.25) is 5.91 Å². The topological polar surface area (TPSA) is 121 Å². The Hall–Kier alpha value is -1.15. The summed E-state index contributed by atoms with van der Waals surface area (Å²) in [5.41, 5.74) is 0. The molecular formula is C9H15NO6S. The first-order valence-electron chi connectivity index (χ1n) is 5.25. The van der Waals surface area contributed by atoms with Crippen molar-refractivity contribution >= 4 is 21.7 Å². The van der Waals surface area contributed by atoms with Crippen molar-refractivity contribution in [2.45, 2.75) is 30.6 Å². The number of hydrogen-bond acceptors (Lipinski definition) is 5. The van der Waals surface area contributed by atoms with Gasteiger partial charge in [-0.25, -0.2) is 13.2 Å². The van der Waals surface area contributed by atoms with Gasteiger partial charge in [-0.05, 0) is 12.8 Å². The number of aliphatic hydroxyl groups is 1. The smallest absolute Gasteiger partial charge is 0.334 e. The molecule has 1 aliphatic rings. The number of amides is 1. The van der Waals surface area contributed by atoms with Gasteiger partial charge in [0.1, 0.15) is 5.25 Å². The number of nitrogens with one attached hydrogen (secondary N) is 1. The van der Waals surface area contributed by atoms with Gasteiger partial charge >= 0.3 is 5.97 Å². The molecule has 1 amide bonds. The maximum absolute atomic E-state index is 11.6. The third-order valence-electron chi connectivity index (χ3n) is 2.63. The zero-order valence-corrected chi connectivity index (χ0v) is 9.94. The molecule has 0 aromatic rings. The average molecular weight is 265 g/mol. The van der Waals surface area contributed by atoms with E-state index in [0.29, 0.717) is 12.8 Å². The van der Waals surface area contributed by atoms with Crippen LogP contribution in [0, 0.1) is 0 Å². The summed E-state index contributed by atoms with van der Waals surface area (Å²) >= 11 is 0. The molecule has 1 heterocycles. The fourth-order valence-electron chi connectivity index (χ4n) is 1.65. The van der Waals surface area contributed by atoms with Crippen LogP contribution in [-0.2, 0) is 19.4 Å². The minimum absolute atomic E-state index is 0.0213. The number of aliphatic hydroxyl groups excluding tert-OH is 1. The maximum atomic E-state index is 11.6. The van der Waals surface area contributed by atoms with Crippen LogP contribution in [0.2, 0.25) is 0 Å². The highest BCUT2D eigenvalue weighted by Crippen LogP contribution is 2.19. The third kappa shape index (κ3) is 3.67.